The monoisotopic (exact) mass is 453 g/mol. The van der Waals surface area contributed by atoms with Crippen LogP contribution in [0.3, 0.4) is 0 Å². The second kappa shape index (κ2) is 8.66. The number of sulfonamides is 1. The normalized spacial score (nSPS) is 22.2. The van der Waals surface area contributed by atoms with Crippen LogP contribution in [0.2, 0.25) is 0 Å². The lowest BCUT2D eigenvalue weighted by Gasteiger charge is -2.32. The van der Waals surface area contributed by atoms with Gasteiger partial charge in [0.2, 0.25) is 10.0 Å². The van der Waals surface area contributed by atoms with E-state index < -0.39 is 10.0 Å². The number of hydrogen-bond acceptors (Lipinski definition) is 7. The molecule has 30 heavy (non-hydrogen) atoms. The number of aromatic nitrogens is 3. The highest BCUT2D eigenvalue weighted by atomic mass is 32.2. The van der Waals surface area contributed by atoms with Crippen molar-refractivity contribution in [3.63, 3.8) is 0 Å². The number of fused-ring (bicyclic) bond motifs is 1. The van der Waals surface area contributed by atoms with Gasteiger partial charge in [-0.1, -0.05) is 12.1 Å². The van der Waals surface area contributed by atoms with E-state index in [1.54, 1.807) is 4.68 Å². The van der Waals surface area contributed by atoms with Gasteiger partial charge in [0.25, 0.3) is 0 Å². The molecule has 3 heterocycles. The van der Waals surface area contributed by atoms with Gasteiger partial charge in [0.1, 0.15) is 6.61 Å². The highest BCUT2D eigenvalue weighted by Gasteiger charge is 2.28. The molecule has 0 amide bonds. The van der Waals surface area contributed by atoms with Gasteiger partial charge in [-0.3, -0.25) is 4.90 Å². The minimum atomic E-state index is -3.17. The van der Waals surface area contributed by atoms with E-state index in [4.69, 9.17) is 26.8 Å². The minimum absolute atomic E-state index is 0.275. The van der Waals surface area contributed by atoms with Crippen molar-refractivity contribution in [1.29, 1.82) is 0 Å². The first kappa shape index (κ1) is 21.3. The van der Waals surface area contributed by atoms with Gasteiger partial charge in [-0.2, -0.15) is 5.10 Å². The zero-order valence-electron chi connectivity index (χ0n) is 17.2. The Morgan fingerprint density at radius 3 is 2.83 bits per heavy atom. The van der Waals surface area contributed by atoms with Crippen LogP contribution in [-0.4, -0.2) is 60.2 Å². The maximum Gasteiger partial charge on any atom is 0.208 e. The molecule has 2 atom stereocenters. The molecule has 9 nitrogen and oxygen atoms in total. The summed E-state index contributed by atoms with van der Waals surface area (Å²) in [7, 11) is -1.29. The molecule has 164 valence electrons. The van der Waals surface area contributed by atoms with Gasteiger partial charge in [-0.25, -0.2) is 17.8 Å². The Kier molecular flexibility index (Phi) is 6.14. The molecular formula is C19H27N5O4S2. The quantitative estimate of drug-likeness (QED) is 0.666. The summed E-state index contributed by atoms with van der Waals surface area (Å²) in [5, 5.41) is 4.73. The van der Waals surface area contributed by atoms with Gasteiger partial charge in [0.05, 0.1) is 12.9 Å². The van der Waals surface area contributed by atoms with Crippen LogP contribution in [0.15, 0.2) is 24.3 Å². The third-order valence-electron chi connectivity index (χ3n) is 5.44. The molecule has 11 heteroatoms. The van der Waals surface area contributed by atoms with Crippen LogP contribution in [-0.2, 0) is 23.7 Å². The fraction of sp³-hybridized carbons (Fsp3) is 0.579. The van der Waals surface area contributed by atoms with Crippen molar-refractivity contribution >= 4 is 22.2 Å². The second-order valence-corrected chi connectivity index (χ2v) is 10.1. The summed E-state index contributed by atoms with van der Waals surface area (Å²) >= 11 is 5.61. The minimum Gasteiger partial charge on any atom is -0.485 e. The molecule has 0 bridgehead atoms. The maximum atomic E-state index is 11.4. The number of nitrogens with zero attached hydrogens (tertiary/aromatic N) is 4. The molecule has 1 N–H and O–H groups in total. The standard InChI is InChI=1S/C19H27N5O4S2/c1-22-18(17-12-27-15-7-3-4-8-16(15)28-17)21-24(19(22)29)13-23-9-5-6-14(11-23)10-20-30(2,25)26/h3-4,7-8,14,17,20H,5-6,9-13H2,1-2H3/t14-,17+/m1/s1. The molecule has 4 rings (SSSR count). The van der Waals surface area contributed by atoms with Crippen molar-refractivity contribution in [1.82, 2.24) is 24.0 Å². The molecule has 2 aliphatic heterocycles. The Labute approximate surface area is 181 Å². The van der Waals surface area contributed by atoms with Crippen molar-refractivity contribution in [3.05, 3.63) is 34.9 Å². The molecule has 1 aromatic carbocycles. The summed E-state index contributed by atoms with van der Waals surface area (Å²) in [5.74, 6) is 2.43. The number of benzene rings is 1. The fourth-order valence-corrected chi connectivity index (χ4v) is 4.66. The van der Waals surface area contributed by atoms with E-state index in [0.29, 0.717) is 30.3 Å². The van der Waals surface area contributed by atoms with E-state index in [0.717, 1.165) is 37.5 Å². The highest BCUT2D eigenvalue weighted by Crippen LogP contribution is 2.35. The summed E-state index contributed by atoms with van der Waals surface area (Å²) in [6.07, 6.45) is 2.88. The predicted molar refractivity (Wildman–Crippen MR) is 114 cm³/mol. The summed E-state index contributed by atoms with van der Waals surface area (Å²) in [5.41, 5.74) is 0. The Morgan fingerprint density at radius 2 is 2.07 bits per heavy atom. The summed E-state index contributed by atoms with van der Waals surface area (Å²) < 4.78 is 41.6. The van der Waals surface area contributed by atoms with Crippen LogP contribution in [0.5, 0.6) is 11.5 Å². The van der Waals surface area contributed by atoms with E-state index >= 15 is 0 Å². The molecular weight excluding hydrogens is 426 g/mol. The van der Waals surface area contributed by atoms with Gasteiger partial charge >= 0.3 is 0 Å². The third kappa shape index (κ3) is 4.85. The summed E-state index contributed by atoms with van der Waals surface area (Å²) in [6, 6.07) is 7.59. The highest BCUT2D eigenvalue weighted by molar-refractivity contribution is 7.88. The van der Waals surface area contributed by atoms with Crippen LogP contribution in [0, 0.1) is 10.7 Å². The van der Waals surface area contributed by atoms with Gasteiger partial charge in [-0.15, -0.1) is 0 Å². The molecule has 0 spiro atoms. The molecule has 1 saturated heterocycles. The van der Waals surface area contributed by atoms with E-state index in [1.807, 2.05) is 35.9 Å². The Morgan fingerprint density at radius 1 is 1.30 bits per heavy atom. The molecule has 0 unspecified atom stereocenters. The van der Waals surface area contributed by atoms with E-state index in [1.165, 1.54) is 6.26 Å². The molecule has 1 aromatic heterocycles. The van der Waals surface area contributed by atoms with E-state index in [9.17, 15) is 8.42 Å². The lowest BCUT2D eigenvalue weighted by atomic mass is 9.99. The van der Waals surface area contributed by atoms with Gasteiger partial charge in [-0.05, 0) is 49.7 Å². The smallest absolute Gasteiger partial charge is 0.208 e. The number of hydrogen-bond donors (Lipinski definition) is 1. The molecule has 0 radical (unpaired) electrons. The first-order valence-electron chi connectivity index (χ1n) is 9.99. The summed E-state index contributed by atoms with van der Waals surface area (Å²) in [6.45, 7) is 3.12. The molecule has 2 aromatic rings. The zero-order chi connectivity index (χ0) is 21.3. The fourth-order valence-electron chi connectivity index (χ4n) is 3.93. The average molecular weight is 454 g/mol. The SMILES string of the molecule is Cn1c([C@@H]2COc3ccccc3O2)nn(CN2CCC[C@H](CNS(C)(=O)=O)C2)c1=S. The number of ether oxygens (including phenoxy) is 2. The van der Waals surface area contributed by atoms with Gasteiger partial charge < -0.3 is 14.0 Å². The first-order valence-corrected chi connectivity index (χ1v) is 12.3. The topological polar surface area (TPSA) is 90.6 Å². The first-order chi connectivity index (χ1) is 14.3. The summed E-state index contributed by atoms with van der Waals surface area (Å²) in [4.78, 5) is 2.26. The van der Waals surface area contributed by atoms with Gasteiger partial charge in [0.15, 0.2) is 28.2 Å². The third-order valence-corrected chi connectivity index (χ3v) is 6.62. The number of piperidine rings is 1. The van der Waals surface area contributed by atoms with Crippen molar-refractivity contribution in [3.8, 4) is 11.5 Å². The number of para-hydroxylation sites is 2. The maximum absolute atomic E-state index is 11.4. The lowest BCUT2D eigenvalue weighted by Crippen LogP contribution is -2.41. The molecule has 0 saturated carbocycles. The lowest BCUT2D eigenvalue weighted by molar-refractivity contribution is 0.0815. The molecule has 0 aliphatic carbocycles. The van der Waals surface area contributed by atoms with Crippen LogP contribution in [0.1, 0.15) is 24.8 Å². The van der Waals surface area contributed by atoms with Crippen molar-refractivity contribution in [2.24, 2.45) is 13.0 Å². The Hall–Kier alpha value is -1.95. The number of nitrogens with one attached hydrogen (secondary N) is 1. The average Bonchev–Trinajstić information content (AvgIpc) is 3.00. The Balaban J connectivity index is 1.44. The van der Waals surface area contributed by atoms with E-state index in [-0.39, 0.29) is 12.0 Å². The van der Waals surface area contributed by atoms with Crippen molar-refractivity contribution in [2.45, 2.75) is 25.6 Å². The Bertz CT molecular complexity index is 1070. The number of likely N-dealkylation sites (tertiary alicyclic amines) is 1. The molecule has 1 fully saturated rings. The van der Waals surface area contributed by atoms with Crippen LogP contribution in [0.25, 0.3) is 0 Å². The van der Waals surface area contributed by atoms with Crippen molar-refractivity contribution in [2.75, 3.05) is 32.5 Å². The predicted octanol–water partition coefficient (Wildman–Crippen LogP) is 1.68. The van der Waals surface area contributed by atoms with Gasteiger partial charge in [0, 0.05) is 20.1 Å². The largest absolute Gasteiger partial charge is 0.485 e. The van der Waals surface area contributed by atoms with Crippen LogP contribution >= 0.6 is 12.2 Å². The second-order valence-electron chi connectivity index (χ2n) is 7.91. The van der Waals surface area contributed by atoms with Crippen LogP contribution in [0.4, 0.5) is 0 Å². The molecule has 2 aliphatic rings. The van der Waals surface area contributed by atoms with Crippen molar-refractivity contribution < 1.29 is 17.9 Å². The number of rotatable bonds is 6. The zero-order valence-corrected chi connectivity index (χ0v) is 18.8. The van der Waals surface area contributed by atoms with E-state index in [2.05, 4.69) is 9.62 Å². The van der Waals surface area contributed by atoms with Crippen LogP contribution < -0.4 is 14.2 Å².